The van der Waals surface area contributed by atoms with Gasteiger partial charge >= 0.3 is 5.97 Å². The van der Waals surface area contributed by atoms with Crippen molar-refractivity contribution in [2.75, 3.05) is 9.96 Å². The van der Waals surface area contributed by atoms with Crippen molar-refractivity contribution >= 4 is 39.9 Å². The number of nitrogens with zero attached hydrogens (tertiary/aromatic N) is 2. The lowest BCUT2D eigenvalue weighted by Crippen LogP contribution is -2.37. The molecule has 1 N–H and O–H groups in total. The number of carboxylic acid groups (broad SMARTS) is 1. The lowest BCUT2D eigenvalue weighted by Gasteiger charge is -2.29. The maximum atomic E-state index is 13.9. The van der Waals surface area contributed by atoms with Gasteiger partial charge in [0.25, 0.3) is 5.91 Å². The standard InChI is InChI=1S/C28H20N2O5/c31-26-23-24(20-14-6-7-15-21(20)28(33)34)30(18-11-2-1-3-12-18)35-25(23)27(32)29(26)22-16-8-10-17-9-4-5-13-19(17)22/h1-16,23-25H,(H,33,34)/t23-,24+,25+/m0/s1. The van der Waals surface area contributed by atoms with E-state index in [-0.39, 0.29) is 5.56 Å². The first-order valence-corrected chi connectivity index (χ1v) is 11.2. The third kappa shape index (κ3) is 3.20. The van der Waals surface area contributed by atoms with Crippen molar-refractivity contribution in [1.29, 1.82) is 0 Å². The van der Waals surface area contributed by atoms with Gasteiger partial charge in [-0.3, -0.25) is 14.4 Å². The molecule has 0 bridgehead atoms. The zero-order chi connectivity index (χ0) is 24.1. The summed E-state index contributed by atoms with van der Waals surface area (Å²) >= 11 is 0. The van der Waals surface area contributed by atoms with Crippen molar-refractivity contribution in [1.82, 2.24) is 0 Å². The zero-order valence-corrected chi connectivity index (χ0v) is 18.4. The molecule has 7 heteroatoms. The second-order valence-electron chi connectivity index (χ2n) is 8.56. The molecule has 4 aromatic rings. The quantitative estimate of drug-likeness (QED) is 0.445. The molecule has 6 rings (SSSR count). The van der Waals surface area contributed by atoms with E-state index in [2.05, 4.69) is 0 Å². The van der Waals surface area contributed by atoms with Gasteiger partial charge in [0, 0.05) is 5.39 Å². The van der Waals surface area contributed by atoms with Gasteiger partial charge in [-0.15, -0.1) is 0 Å². The molecular formula is C28H20N2O5. The number of benzene rings is 4. The Balaban J connectivity index is 1.50. The van der Waals surface area contributed by atoms with Crippen LogP contribution < -0.4 is 9.96 Å². The molecule has 0 spiro atoms. The number of rotatable bonds is 4. The molecule has 172 valence electrons. The normalized spacial score (nSPS) is 21.5. The lowest BCUT2D eigenvalue weighted by molar-refractivity contribution is -0.126. The Morgan fingerprint density at radius 2 is 1.46 bits per heavy atom. The van der Waals surface area contributed by atoms with Crippen LogP contribution >= 0.6 is 0 Å². The first-order valence-electron chi connectivity index (χ1n) is 11.2. The van der Waals surface area contributed by atoms with Crippen LogP contribution in [-0.2, 0) is 14.4 Å². The molecular weight excluding hydrogens is 444 g/mol. The monoisotopic (exact) mass is 464 g/mol. The van der Waals surface area contributed by atoms with E-state index in [1.165, 1.54) is 16.0 Å². The van der Waals surface area contributed by atoms with Crippen molar-refractivity contribution in [2.45, 2.75) is 12.1 Å². The highest BCUT2D eigenvalue weighted by atomic mass is 16.7. The molecule has 2 aliphatic heterocycles. The van der Waals surface area contributed by atoms with Crippen LogP contribution in [0.15, 0.2) is 97.1 Å². The minimum absolute atomic E-state index is 0.0616. The number of aromatic carboxylic acids is 1. The molecule has 2 amide bonds. The summed E-state index contributed by atoms with van der Waals surface area (Å²) in [6.45, 7) is 0. The van der Waals surface area contributed by atoms with E-state index in [1.54, 1.807) is 42.5 Å². The lowest BCUT2D eigenvalue weighted by atomic mass is 9.88. The average Bonchev–Trinajstić information content (AvgIpc) is 3.40. The average molecular weight is 464 g/mol. The van der Waals surface area contributed by atoms with Crippen molar-refractivity contribution in [2.24, 2.45) is 5.92 Å². The van der Waals surface area contributed by atoms with Crippen LogP contribution in [0.5, 0.6) is 0 Å². The van der Waals surface area contributed by atoms with Gasteiger partial charge in [-0.2, -0.15) is 0 Å². The Morgan fingerprint density at radius 3 is 2.26 bits per heavy atom. The molecule has 0 unspecified atom stereocenters. The first-order chi connectivity index (χ1) is 17.1. The SMILES string of the molecule is O=C(O)c1ccccc1[C@@H]1[C@@H]2C(=O)N(c3cccc4ccccc34)C(=O)[C@@H]2ON1c1ccccc1. The Morgan fingerprint density at radius 1 is 0.771 bits per heavy atom. The van der Waals surface area contributed by atoms with Gasteiger partial charge in [0.2, 0.25) is 5.91 Å². The summed E-state index contributed by atoms with van der Waals surface area (Å²) in [7, 11) is 0. The minimum atomic E-state index is -1.11. The summed E-state index contributed by atoms with van der Waals surface area (Å²) in [6, 6.07) is 27.8. The number of hydrogen-bond acceptors (Lipinski definition) is 5. The topological polar surface area (TPSA) is 87.2 Å². The zero-order valence-electron chi connectivity index (χ0n) is 18.4. The van der Waals surface area contributed by atoms with E-state index in [0.717, 1.165) is 10.8 Å². The predicted octanol–water partition coefficient (Wildman–Crippen LogP) is 4.59. The van der Waals surface area contributed by atoms with Crippen molar-refractivity contribution in [3.8, 4) is 0 Å². The summed E-state index contributed by atoms with van der Waals surface area (Å²) < 4.78 is 0. The van der Waals surface area contributed by atoms with E-state index in [4.69, 9.17) is 4.84 Å². The molecule has 35 heavy (non-hydrogen) atoms. The van der Waals surface area contributed by atoms with Crippen LogP contribution in [0.1, 0.15) is 22.0 Å². The Kier molecular flexibility index (Phi) is 4.86. The number of imide groups is 1. The van der Waals surface area contributed by atoms with E-state index >= 15 is 0 Å². The maximum absolute atomic E-state index is 13.9. The molecule has 2 saturated heterocycles. The first kappa shape index (κ1) is 21.1. The second kappa shape index (κ2) is 8.07. The molecule has 0 aliphatic carbocycles. The van der Waals surface area contributed by atoms with E-state index in [1.807, 2.05) is 48.5 Å². The number of hydroxylamine groups is 1. The number of amides is 2. The van der Waals surface area contributed by atoms with Gasteiger partial charge < -0.3 is 5.11 Å². The molecule has 0 aromatic heterocycles. The van der Waals surface area contributed by atoms with E-state index in [9.17, 15) is 19.5 Å². The number of para-hydroxylation sites is 1. The molecule has 3 atom stereocenters. The maximum Gasteiger partial charge on any atom is 0.336 e. The van der Waals surface area contributed by atoms with Crippen LogP contribution in [-0.4, -0.2) is 29.0 Å². The van der Waals surface area contributed by atoms with Crippen LogP contribution in [0.25, 0.3) is 10.8 Å². The predicted molar refractivity (Wildman–Crippen MR) is 130 cm³/mol. The number of fused-ring (bicyclic) bond motifs is 2. The fourth-order valence-corrected chi connectivity index (χ4v) is 5.12. The highest BCUT2D eigenvalue weighted by Gasteiger charge is 2.60. The fraction of sp³-hybridized carbons (Fsp3) is 0.107. The van der Waals surface area contributed by atoms with Gasteiger partial charge in [-0.25, -0.2) is 14.8 Å². The van der Waals surface area contributed by atoms with Gasteiger partial charge in [0.15, 0.2) is 6.10 Å². The third-order valence-electron chi connectivity index (χ3n) is 6.64. The van der Waals surface area contributed by atoms with E-state index < -0.39 is 35.8 Å². The molecule has 2 aliphatic rings. The number of carbonyl (C=O) groups is 3. The Bertz CT molecular complexity index is 1480. The minimum Gasteiger partial charge on any atom is -0.478 e. The van der Waals surface area contributed by atoms with Crippen LogP contribution in [0, 0.1) is 5.92 Å². The van der Waals surface area contributed by atoms with Gasteiger partial charge in [0.1, 0.15) is 5.92 Å². The third-order valence-corrected chi connectivity index (χ3v) is 6.64. The molecule has 2 fully saturated rings. The second-order valence-corrected chi connectivity index (χ2v) is 8.56. The van der Waals surface area contributed by atoms with Gasteiger partial charge in [-0.05, 0) is 35.2 Å². The van der Waals surface area contributed by atoms with Crippen LogP contribution in [0.3, 0.4) is 0 Å². The molecule has 0 radical (unpaired) electrons. The molecule has 7 nitrogen and oxygen atoms in total. The van der Waals surface area contributed by atoms with Crippen LogP contribution in [0.4, 0.5) is 11.4 Å². The number of carbonyl (C=O) groups excluding carboxylic acids is 2. The highest BCUT2D eigenvalue weighted by Crippen LogP contribution is 2.48. The Hall–Kier alpha value is -4.49. The summed E-state index contributed by atoms with van der Waals surface area (Å²) in [5.74, 6) is -2.91. The van der Waals surface area contributed by atoms with Crippen LogP contribution in [0.2, 0.25) is 0 Å². The van der Waals surface area contributed by atoms with Crippen molar-refractivity contribution in [3.05, 3.63) is 108 Å². The van der Waals surface area contributed by atoms with Crippen molar-refractivity contribution < 1.29 is 24.3 Å². The number of carboxylic acids is 1. The summed E-state index contributed by atoms with van der Waals surface area (Å²) in [4.78, 5) is 47.0. The molecule has 2 heterocycles. The molecule has 0 saturated carbocycles. The highest BCUT2D eigenvalue weighted by molar-refractivity contribution is 6.26. The van der Waals surface area contributed by atoms with Crippen molar-refractivity contribution in [3.63, 3.8) is 0 Å². The Labute approximate surface area is 200 Å². The summed E-state index contributed by atoms with van der Waals surface area (Å²) in [5, 5.41) is 13.1. The largest absolute Gasteiger partial charge is 0.478 e. The summed E-state index contributed by atoms with van der Waals surface area (Å²) in [6.07, 6.45) is -1.08. The van der Waals surface area contributed by atoms with E-state index in [0.29, 0.717) is 16.9 Å². The number of anilines is 2. The number of hydrogen-bond donors (Lipinski definition) is 1. The molecule has 4 aromatic carbocycles. The summed E-state index contributed by atoms with van der Waals surface area (Å²) in [5.41, 5.74) is 1.60. The van der Waals surface area contributed by atoms with Gasteiger partial charge in [0.05, 0.1) is 23.0 Å². The fourth-order valence-electron chi connectivity index (χ4n) is 5.12. The van der Waals surface area contributed by atoms with Gasteiger partial charge in [-0.1, -0.05) is 72.8 Å². The smallest absolute Gasteiger partial charge is 0.336 e.